The summed E-state index contributed by atoms with van der Waals surface area (Å²) in [6, 6.07) is 3.41. The standard InChI is InChI=1S/C37H50F2N4O7/c1-11-14-21-18-26(21)50-33(47)42-29(34(4,5)6)31(44)43-20-27(23(13-3)37(43,32(45)46)35(7,8)9)49-30-28(36(38,39)17-12-2)40-24-16-15-22(48-10)19-25(24)41-30/h11-12,15-16,19,21,23,26-27,29H,1-2,13-14,17-18,20H2,3-10H3,(H,42,47)(H,45,46)/t21-,23-,26-,27+,29-,37-/m1/s1. The van der Waals surface area contributed by atoms with Crippen LogP contribution in [0.25, 0.3) is 11.0 Å². The van der Waals surface area contributed by atoms with Gasteiger partial charge in [-0.3, -0.25) is 4.79 Å². The Bertz CT molecular complexity index is 1640. The summed E-state index contributed by atoms with van der Waals surface area (Å²) in [4.78, 5) is 51.4. The predicted molar refractivity (Wildman–Crippen MR) is 184 cm³/mol. The van der Waals surface area contributed by atoms with E-state index in [-0.39, 0.29) is 36.0 Å². The molecule has 1 saturated carbocycles. The van der Waals surface area contributed by atoms with E-state index < -0.39 is 76.3 Å². The lowest BCUT2D eigenvalue weighted by Gasteiger charge is -2.49. The largest absolute Gasteiger partial charge is 0.497 e. The second-order valence-corrected chi connectivity index (χ2v) is 15.3. The molecule has 1 aliphatic carbocycles. The molecule has 11 nitrogen and oxygen atoms in total. The summed E-state index contributed by atoms with van der Waals surface area (Å²) >= 11 is 0. The number of likely N-dealkylation sites (tertiary alicyclic amines) is 1. The smallest absolute Gasteiger partial charge is 0.408 e. The number of carboxylic acid groups (broad SMARTS) is 1. The first-order chi connectivity index (χ1) is 23.3. The summed E-state index contributed by atoms with van der Waals surface area (Å²) in [5, 5.41) is 13.8. The van der Waals surface area contributed by atoms with Crippen molar-refractivity contribution >= 4 is 29.0 Å². The van der Waals surface area contributed by atoms with Gasteiger partial charge < -0.3 is 29.5 Å². The Morgan fingerprint density at radius 3 is 2.32 bits per heavy atom. The topological polar surface area (TPSA) is 140 Å². The number of alkyl carbamates (subject to hydrolysis) is 1. The quantitative estimate of drug-likeness (QED) is 0.214. The molecule has 6 atom stereocenters. The highest BCUT2D eigenvalue weighted by Crippen LogP contribution is 2.51. The number of aromatic nitrogens is 2. The van der Waals surface area contributed by atoms with E-state index in [2.05, 4.69) is 28.4 Å². The predicted octanol–water partition coefficient (Wildman–Crippen LogP) is 6.90. The lowest BCUT2D eigenvalue weighted by Crippen LogP contribution is -2.67. The second-order valence-electron chi connectivity index (χ2n) is 15.3. The number of hydrogen-bond acceptors (Lipinski definition) is 8. The van der Waals surface area contributed by atoms with Crippen LogP contribution in [0.3, 0.4) is 0 Å². The first kappa shape index (κ1) is 38.5. The molecule has 2 fully saturated rings. The summed E-state index contributed by atoms with van der Waals surface area (Å²) in [5.74, 6) is -6.29. The number of methoxy groups -OCH3 is 1. The van der Waals surface area contributed by atoms with Gasteiger partial charge in [-0.2, -0.15) is 8.78 Å². The number of ether oxygens (including phenoxy) is 3. The molecular weight excluding hydrogens is 650 g/mol. The number of alkyl halides is 2. The molecule has 2 heterocycles. The summed E-state index contributed by atoms with van der Waals surface area (Å²) < 4.78 is 48.5. The number of nitrogens with one attached hydrogen (secondary N) is 1. The van der Waals surface area contributed by atoms with Gasteiger partial charge in [0.05, 0.1) is 24.7 Å². The number of fused-ring (bicyclic) bond motifs is 1. The lowest BCUT2D eigenvalue weighted by molar-refractivity contribution is -0.170. The highest BCUT2D eigenvalue weighted by molar-refractivity contribution is 5.93. The molecule has 0 spiro atoms. The minimum atomic E-state index is -3.53. The van der Waals surface area contributed by atoms with E-state index in [0.29, 0.717) is 18.6 Å². The van der Waals surface area contributed by atoms with Crippen molar-refractivity contribution in [2.24, 2.45) is 22.7 Å². The Balaban J connectivity index is 1.81. The number of aliphatic carboxylic acids is 1. The second kappa shape index (κ2) is 14.1. The number of benzene rings is 1. The van der Waals surface area contributed by atoms with Crippen LogP contribution in [0, 0.1) is 22.7 Å². The molecule has 0 bridgehead atoms. The van der Waals surface area contributed by atoms with Crippen LogP contribution in [0.15, 0.2) is 43.5 Å². The minimum absolute atomic E-state index is 0.160. The van der Waals surface area contributed by atoms with Gasteiger partial charge in [0, 0.05) is 24.3 Å². The molecule has 1 aromatic carbocycles. The molecule has 274 valence electrons. The Hall–Kier alpha value is -4.29. The molecule has 2 amide bonds. The van der Waals surface area contributed by atoms with Crippen molar-refractivity contribution in [3.05, 3.63) is 49.2 Å². The number of carbonyl (C=O) groups excluding carboxylic acids is 2. The first-order valence-corrected chi connectivity index (χ1v) is 16.9. The van der Waals surface area contributed by atoms with E-state index in [1.54, 1.807) is 60.6 Å². The van der Waals surface area contributed by atoms with Crippen molar-refractivity contribution in [2.75, 3.05) is 13.7 Å². The van der Waals surface area contributed by atoms with Gasteiger partial charge >= 0.3 is 12.1 Å². The SMILES string of the molecule is C=CC[C@@H]1C[C@H]1OC(=O)N[C@H](C(=O)N1C[C@H](Oc2nc3cc(OC)ccc3nc2C(F)(F)CC=C)[C@@H](CC)[C@@]1(C(=O)O)C(C)(C)C)C(C)(C)C. The number of amides is 2. The Kier molecular flexibility index (Phi) is 10.9. The maximum atomic E-state index is 15.6. The number of carbonyl (C=O) groups is 3. The minimum Gasteiger partial charge on any atom is -0.497 e. The fourth-order valence-corrected chi connectivity index (χ4v) is 7.22. The number of halogens is 2. The zero-order chi connectivity index (χ0) is 37.4. The third kappa shape index (κ3) is 7.27. The number of rotatable bonds is 13. The van der Waals surface area contributed by atoms with Crippen LogP contribution in [0.5, 0.6) is 11.6 Å². The van der Waals surface area contributed by atoms with Gasteiger partial charge in [-0.05, 0) is 42.2 Å². The number of carboxylic acids is 1. The monoisotopic (exact) mass is 700 g/mol. The highest BCUT2D eigenvalue weighted by atomic mass is 19.3. The van der Waals surface area contributed by atoms with Crippen LogP contribution in [0.1, 0.15) is 79.8 Å². The van der Waals surface area contributed by atoms with E-state index in [9.17, 15) is 19.5 Å². The number of hydrogen-bond donors (Lipinski definition) is 2. The normalized spacial score (nSPS) is 24.3. The Labute approximate surface area is 292 Å². The van der Waals surface area contributed by atoms with Gasteiger partial charge in [0.2, 0.25) is 11.8 Å². The van der Waals surface area contributed by atoms with Gasteiger partial charge in [-0.15, -0.1) is 13.2 Å². The van der Waals surface area contributed by atoms with Gasteiger partial charge in [-0.1, -0.05) is 60.6 Å². The van der Waals surface area contributed by atoms with Gasteiger partial charge in [-0.25, -0.2) is 19.6 Å². The van der Waals surface area contributed by atoms with Crippen LogP contribution < -0.4 is 14.8 Å². The summed E-state index contributed by atoms with van der Waals surface area (Å²) in [7, 11) is 1.46. The molecule has 0 radical (unpaired) electrons. The average Bonchev–Trinajstić information content (AvgIpc) is 3.64. The summed E-state index contributed by atoms with van der Waals surface area (Å²) in [6.07, 6.45) is 1.45. The maximum Gasteiger partial charge on any atom is 0.408 e. The third-order valence-electron chi connectivity index (χ3n) is 9.76. The number of nitrogens with zero attached hydrogens (tertiary/aromatic N) is 3. The average molecular weight is 701 g/mol. The zero-order valence-corrected chi connectivity index (χ0v) is 30.2. The molecule has 2 aliphatic rings. The summed E-state index contributed by atoms with van der Waals surface area (Å²) in [6.45, 7) is 19.0. The van der Waals surface area contributed by atoms with Crippen molar-refractivity contribution in [1.82, 2.24) is 20.2 Å². The van der Waals surface area contributed by atoms with Gasteiger partial charge in [0.25, 0.3) is 5.92 Å². The Morgan fingerprint density at radius 2 is 1.78 bits per heavy atom. The zero-order valence-electron chi connectivity index (χ0n) is 30.2. The molecule has 2 aromatic rings. The van der Waals surface area contributed by atoms with Crippen molar-refractivity contribution in [3.8, 4) is 11.6 Å². The molecule has 13 heteroatoms. The Morgan fingerprint density at radius 1 is 1.10 bits per heavy atom. The van der Waals surface area contributed by atoms with Crippen LogP contribution in [-0.4, -0.2) is 75.4 Å². The van der Waals surface area contributed by atoms with Crippen molar-refractivity contribution in [3.63, 3.8) is 0 Å². The van der Waals surface area contributed by atoms with E-state index in [1.807, 2.05) is 0 Å². The van der Waals surface area contributed by atoms with Crippen LogP contribution >= 0.6 is 0 Å². The summed E-state index contributed by atoms with van der Waals surface area (Å²) in [5.41, 5.74) is -4.21. The maximum absolute atomic E-state index is 15.6. The molecule has 1 aliphatic heterocycles. The van der Waals surface area contributed by atoms with E-state index >= 15 is 8.78 Å². The molecule has 50 heavy (non-hydrogen) atoms. The van der Waals surface area contributed by atoms with Crippen molar-refractivity contribution in [1.29, 1.82) is 0 Å². The van der Waals surface area contributed by atoms with E-state index in [4.69, 9.17) is 14.2 Å². The van der Waals surface area contributed by atoms with Crippen LogP contribution in [0.2, 0.25) is 0 Å². The van der Waals surface area contributed by atoms with Gasteiger partial charge in [0.1, 0.15) is 24.0 Å². The van der Waals surface area contributed by atoms with Crippen molar-refractivity contribution in [2.45, 2.75) is 104 Å². The van der Waals surface area contributed by atoms with Crippen molar-refractivity contribution < 1.29 is 42.5 Å². The molecule has 2 N–H and O–H groups in total. The molecular formula is C37H50F2N4O7. The van der Waals surface area contributed by atoms with E-state index in [1.165, 1.54) is 24.1 Å². The van der Waals surface area contributed by atoms with E-state index in [0.717, 1.165) is 6.08 Å². The van der Waals surface area contributed by atoms with Crippen LogP contribution in [-0.2, 0) is 20.2 Å². The lowest BCUT2D eigenvalue weighted by atomic mass is 9.65. The third-order valence-corrected chi connectivity index (χ3v) is 9.76. The number of allylic oxidation sites excluding steroid dienone is 2. The van der Waals surface area contributed by atoms with Gasteiger partial charge in [0.15, 0.2) is 11.2 Å². The molecule has 1 aromatic heterocycles. The molecule has 1 saturated heterocycles. The molecule has 0 unspecified atom stereocenters. The van der Waals surface area contributed by atoms with Crippen LogP contribution in [0.4, 0.5) is 13.6 Å². The first-order valence-electron chi connectivity index (χ1n) is 16.9. The fourth-order valence-electron chi connectivity index (χ4n) is 7.22. The highest BCUT2D eigenvalue weighted by Gasteiger charge is 2.67. The molecule has 4 rings (SSSR count). The fraction of sp³-hybridized carbons (Fsp3) is 0.595.